The van der Waals surface area contributed by atoms with E-state index < -0.39 is 0 Å². The molecule has 3 heteroatoms. The van der Waals surface area contributed by atoms with E-state index in [-0.39, 0.29) is 6.17 Å². The molecule has 0 fully saturated rings. The van der Waals surface area contributed by atoms with Crippen LogP contribution in [0, 0.1) is 6.92 Å². The summed E-state index contributed by atoms with van der Waals surface area (Å²) in [5, 5.41) is 2.61. The molecule has 1 radical (unpaired) electrons. The Balaban J connectivity index is 3.53. The second kappa shape index (κ2) is 4.32. The van der Waals surface area contributed by atoms with E-state index in [1.54, 1.807) is 0 Å². The molecule has 0 heterocycles. The number of rotatable bonds is 4. The van der Waals surface area contributed by atoms with Crippen molar-refractivity contribution in [3.8, 4) is 0 Å². The average Bonchev–Trinajstić information content (AvgIpc) is 1.82. The van der Waals surface area contributed by atoms with Gasteiger partial charge in [-0.05, 0) is 27.4 Å². The molecular weight excluding hydrogens is 116 g/mol. The quantitative estimate of drug-likeness (QED) is 0.422. The Morgan fingerprint density at radius 1 is 1.78 bits per heavy atom. The van der Waals surface area contributed by atoms with E-state index in [2.05, 4.69) is 12.2 Å². The fraction of sp³-hybridized carbons (Fsp3) is 0.667. The number of amides is 1. The fourth-order valence-corrected chi connectivity index (χ4v) is 0.569. The van der Waals surface area contributed by atoms with Crippen molar-refractivity contribution >= 4 is 6.41 Å². The summed E-state index contributed by atoms with van der Waals surface area (Å²) in [6, 6.07) is 0. The maximum atomic E-state index is 9.91. The van der Waals surface area contributed by atoms with Crippen molar-refractivity contribution in [2.75, 3.05) is 14.1 Å². The van der Waals surface area contributed by atoms with Crippen LogP contribution in [0.2, 0.25) is 0 Å². The molecule has 9 heavy (non-hydrogen) atoms. The second-order valence-electron chi connectivity index (χ2n) is 2.05. The third kappa shape index (κ3) is 3.08. The third-order valence-corrected chi connectivity index (χ3v) is 1.16. The molecule has 0 rings (SSSR count). The molecule has 3 nitrogen and oxygen atoms in total. The Bertz CT molecular complexity index is 83.1. The molecule has 0 saturated carbocycles. The molecule has 0 aliphatic heterocycles. The average molecular weight is 129 g/mol. The number of carbonyl (C=O) groups excluding carboxylic acids is 1. The normalized spacial score (nSPS) is 13.3. The van der Waals surface area contributed by atoms with Gasteiger partial charge in [0.15, 0.2) is 0 Å². The molecule has 0 saturated heterocycles. The molecule has 0 aromatic carbocycles. The lowest BCUT2D eigenvalue weighted by Crippen LogP contribution is -2.39. The molecule has 0 spiro atoms. The van der Waals surface area contributed by atoms with Crippen LogP contribution in [0.25, 0.3) is 0 Å². The zero-order chi connectivity index (χ0) is 7.28. The maximum absolute atomic E-state index is 9.91. The summed E-state index contributed by atoms with van der Waals surface area (Å²) in [4.78, 5) is 11.8. The Labute approximate surface area is 56.0 Å². The molecule has 1 amide bonds. The zero-order valence-electron chi connectivity index (χ0n) is 5.92. The molecule has 0 aromatic heterocycles. The van der Waals surface area contributed by atoms with E-state index in [9.17, 15) is 4.79 Å². The fourth-order valence-electron chi connectivity index (χ4n) is 0.569. The Morgan fingerprint density at radius 3 is 2.44 bits per heavy atom. The highest BCUT2D eigenvalue weighted by molar-refractivity contribution is 5.46. The first-order chi connectivity index (χ1) is 4.22. The minimum Gasteiger partial charge on any atom is -0.343 e. The molecule has 53 valence electrons. The molecule has 1 N–H and O–H groups in total. The van der Waals surface area contributed by atoms with Gasteiger partial charge >= 0.3 is 0 Å². The van der Waals surface area contributed by atoms with Gasteiger partial charge in [0, 0.05) is 0 Å². The topological polar surface area (TPSA) is 32.3 Å². The first kappa shape index (κ1) is 8.43. The lowest BCUT2D eigenvalue weighted by molar-refractivity contribution is -0.111. The van der Waals surface area contributed by atoms with Gasteiger partial charge in [0.2, 0.25) is 6.41 Å². The van der Waals surface area contributed by atoms with Gasteiger partial charge in [-0.1, -0.05) is 0 Å². The zero-order valence-corrected chi connectivity index (χ0v) is 5.92. The standard InChI is InChI=1S/C6H13N2O/c1-4-6(7-5-9)8(2)3/h5-6H,1,4H2,2-3H3,(H,7,9). The number of nitrogens with zero attached hydrogens (tertiary/aromatic N) is 1. The highest BCUT2D eigenvalue weighted by Crippen LogP contribution is 1.90. The number of hydrogen-bond acceptors (Lipinski definition) is 2. The van der Waals surface area contributed by atoms with Gasteiger partial charge in [-0.25, -0.2) is 0 Å². The molecule has 1 atom stereocenters. The Hall–Kier alpha value is -0.570. The first-order valence-corrected chi connectivity index (χ1v) is 2.87. The summed E-state index contributed by atoms with van der Waals surface area (Å²) >= 11 is 0. The van der Waals surface area contributed by atoms with E-state index in [0.29, 0.717) is 12.8 Å². The minimum absolute atomic E-state index is 0.0718. The van der Waals surface area contributed by atoms with Gasteiger partial charge in [-0.3, -0.25) is 9.69 Å². The number of nitrogens with one attached hydrogen (secondary N) is 1. The van der Waals surface area contributed by atoms with E-state index in [1.807, 2.05) is 19.0 Å². The van der Waals surface area contributed by atoms with Crippen LogP contribution in [-0.2, 0) is 4.79 Å². The van der Waals surface area contributed by atoms with Gasteiger partial charge in [0.1, 0.15) is 0 Å². The summed E-state index contributed by atoms with van der Waals surface area (Å²) in [6.45, 7) is 3.66. The second-order valence-corrected chi connectivity index (χ2v) is 2.05. The predicted octanol–water partition coefficient (Wildman–Crippen LogP) is -0.156. The maximum Gasteiger partial charge on any atom is 0.208 e. The highest BCUT2D eigenvalue weighted by atomic mass is 16.1. The van der Waals surface area contributed by atoms with Crippen molar-refractivity contribution in [1.82, 2.24) is 10.2 Å². The smallest absolute Gasteiger partial charge is 0.208 e. The van der Waals surface area contributed by atoms with Crippen molar-refractivity contribution in [3.05, 3.63) is 6.92 Å². The van der Waals surface area contributed by atoms with Crippen molar-refractivity contribution in [2.45, 2.75) is 12.6 Å². The minimum atomic E-state index is 0.0718. The van der Waals surface area contributed by atoms with Crippen LogP contribution < -0.4 is 5.32 Å². The van der Waals surface area contributed by atoms with Gasteiger partial charge in [0.05, 0.1) is 6.17 Å². The van der Waals surface area contributed by atoms with Crippen LogP contribution in [0.5, 0.6) is 0 Å². The first-order valence-electron chi connectivity index (χ1n) is 2.87. The summed E-state index contributed by atoms with van der Waals surface area (Å²) in [5.41, 5.74) is 0. The molecule has 0 bridgehead atoms. The van der Waals surface area contributed by atoms with Gasteiger partial charge < -0.3 is 5.32 Å². The summed E-state index contributed by atoms with van der Waals surface area (Å²) in [5.74, 6) is 0. The van der Waals surface area contributed by atoms with E-state index in [4.69, 9.17) is 0 Å². The van der Waals surface area contributed by atoms with Crippen molar-refractivity contribution in [3.63, 3.8) is 0 Å². The van der Waals surface area contributed by atoms with E-state index >= 15 is 0 Å². The van der Waals surface area contributed by atoms with Crippen LogP contribution in [-0.4, -0.2) is 31.6 Å². The molecular formula is C6H13N2O. The number of hydrogen-bond donors (Lipinski definition) is 1. The monoisotopic (exact) mass is 129 g/mol. The van der Waals surface area contributed by atoms with Crippen molar-refractivity contribution in [1.29, 1.82) is 0 Å². The Morgan fingerprint density at radius 2 is 2.33 bits per heavy atom. The largest absolute Gasteiger partial charge is 0.343 e. The van der Waals surface area contributed by atoms with Crippen LogP contribution >= 0.6 is 0 Å². The lowest BCUT2D eigenvalue weighted by Gasteiger charge is -2.21. The summed E-state index contributed by atoms with van der Waals surface area (Å²) in [6.07, 6.45) is 1.45. The Kier molecular flexibility index (Phi) is 4.05. The van der Waals surface area contributed by atoms with Gasteiger partial charge in [-0.15, -0.1) is 0 Å². The van der Waals surface area contributed by atoms with Crippen LogP contribution in [0.15, 0.2) is 0 Å². The van der Waals surface area contributed by atoms with E-state index in [1.165, 1.54) is 0 Å². The van der Waals surface area contributed by atoms with Crippen LogP contribution in [0.1, 0.15) is 6.42 Å². The summed E-state index contributed by atoms with van der Waals surface area (Å²) < 4.78 is 0. The van der Waals surface area contributed by atoms with Crippen LogP contribution in [0.4, 0.5) is 0 Å². The van der Waals surface area contributed by atoms with Crippen LogP contribution in [0.3, 0.4) is 0 Å². The number of carbonyl (C=O) groups is 1. The lowest BCUT2D eigenvalue weighted by atomic mass is 10.3. The summed E-state index contributed by atoms with van der Waals surface area (Å²) in [7, 11) is 3.79. The molecule has 1 unspecified atom stereocenters. The molecule has 0 aliphatic carbocycles. The molecule has 0 aromatic rings. The van der Waals surface area contributed by atoms with Gasteiger partial charge in [-0.2, -0.15) is 0 Å². The highest BCUT2D eigenvalue weighted by Gasteiger charge is 2.04. The molecule has 0 aliphatic rings. The van der Waals surface area contributed by atoms with E-state index in [0.717, 1.165) is 0 Å². The predicted molar refractivity (Wildman–Crippen MR) is 36.6 cm³/mol. The SMILES string of the molecule is [CH2]CC(NC=O)N(C)C. The van der Waals surface area contributed by atoms with Crippen molar-refractivity contribution < 1.29 is 4.79 Å². The van der Waals surface area contributed by atoms with Crippen molar-refractivity contribution in [2.24, 2.45) is 0 Å². The third-order valence-electron chi connectivity index (χ3n) is 1.16. The van der Waals surface area contributed by atoms with Gasteiger partial charge in [0.25, 0.3) is 0 Å².